The first-order valence-corrected chi connectivity index (χ1v) is 8.44. The van der Waals surface area contributed by atoms with Gasteiger partial charge in [0, 0.05) is 18.7 Å². The van der Waals surface area contributed by atoms with Gasteiger partial charge in [-0.3, -0.25) is 19.3 Å². The van der Waals surface area contributed by atoms with Gasteiger partial charge < -0.3 is 5.32 Å². The Balaban J connectivity index is 1.56. The summed E-state index contributed by atoms with van der Waals surface area (Å²) in [5, 5.41) is 2.80. The molecule has 5 heteroatoms. The second kappa shape index (κ2) is 7.30. The molecule has 0 atom stereocenters. The SMILES string of the molecule is CCCc1ccc(NC(=O)CCN2C(=O)c3ccccc3C2=O)cc1. The number of nitrogens with one attached hydrogen (secondary N) is 1. The number of fused-ring (bicyclic) bond motifs is 1. The maximum Gasteiger partial charge on any atom is 0.261 e. The fourth-order valence-corrected chi connectivity index (χ4v) is 2.92. The number of hydrogen-bond acceptors (Lipinski definition) is 3. The highest BCUT2D eigenvalue weighted by molar-refractivity contribution is 6.21. The zero-order valence-corrected chi connectivity index (χ0v) is 14.1. The topological polar surface area (TPSA) is 66.5 Å². The quantitative estimate of drug-likeness (QED) is 0.823. The van der Waals surface area contributed by atoms with E-state index in [0.29, 0.717) is 16.8 Å². The maximum atomic E-state index is 12.3. The molecule has 1 aliphatic heterocycles. The van der Waals surface area contributed by atoms with E-state index in [9.17, 15) is 14.4 Å². The third-order valence-electron chi connectivity index (χ3n) is 4.22. The fourth-order valence-electron chi connectivity index (χ4n) is 2.92. The van der Waals surface area contributed by atoms with Gasteiger partial charge in [0.15, 0.2) is 0 Å². The number of nitrogens with zero attached hydrogens (tertiary/aromatic N) is 1. The standard InChI is InChI=1S/C20H20N2O3/c1-2-5-14-8-10-15(11-9-14)21-18(23)12-13-22-19(24)16-6-3-4-7-17(16)20(22)25/h3-4,6-11H,2,5,12-13H2,1H3,(H,21,23). The predicted octanol–water partition coefficient (Wildman–Crippen LogP) is 3.26. The first-order valence-electron chi connectivity index (χ1n) is 8.44. The number of amides is 3. The molecule has 1 N–H and O–H groups in total. The number of hydrogen-bond donors (Lipinski definition) is 1. The normalized spacial score (nSPS) is 13.1. The van der Waals surface area contributed by atoms with E-state index in [1.54, 1.807) is 24.3 Å². The van der Waals surface area contributed by atoms with Crippen molar-refractivity contribution in [1.82, 2.24) is 4.90 Å². The summed E-state index contributed by atoms with van der Waals surface area (Å²) in [5.41, 5.74) is 2.75. The number of anilines is 1. The van der Waals surface area contributed by atoms with Gasteiger partial charge in [-0.1, -0.05) is 37.6 Å². The fraction of sp³-hybridized carbons (Fsp3) is 0.250. The van der Waals surface area contributed by atoms with Crippen LogP contribution in [0.5, 0.6) is 0 Å². The number of benzene rings is 2. The molecule has 2 aromatic rings. The molecular weight excluding hydrogens is 316 g/mol. The molecule has 2 aromatic carbocycles. The first kappa shape index (κ1) is 16.9. The molecule has 25 heavy (non-hydrogen) atoms. The Morgan fingerprint density at radius 1 is 0.960 bits per heavy atom. The van der Waals surface area contributed by atoms with E-state index in [-0.39, 0.29) is 30.7 Å². The molecule has 1 aliphatic rings. The van der Waals surface area contributed by atoms with Gasteiger partial charge in [0.2, 0.25) is 5.91 Å². The molecule has 0 saturated carbocycles. The van der Waals surface area contributed by atoms with Gasteiger partial charge in [-0.15, -0.1) is 0 Å². The minimum atomic E-state index is -0.336. The third-order valence-corrected chi connectivity index (χ3v) is 4.22. The summed E-state index contributed by atoms with van der Waals surface area (Å²) in [6, 6.07) is 14.4. The van der Waals surface area contributed by atoms with Crippen molar-refractivity contribution in [2.45, 2.75) is 26.2 Å². The smallest absolute Gasteiger partial charge is 0.261 e. The number of rotatable bonds is 6. The maximum absolute atomic E-state index is 12.3. The predicted molar refractivity (Wildman–Crippen MR) is 95.5 cm³/mol. The number of carbonyl (C=O) groups excluding carboxylic acids is 3. The summed E-state index contributed by atoms with van der Waals surface area (Å²) in [6.45, 7) is 2.20. The van der Waals surface area contributed by atoms with Crippen LogP contribution in [-0.2, 0) is 11.2 Å². The minimum absolute atomic E-state index is 0.0716. The number of imide groups is 1. The Labute approximate surface area is 146 Å². The summed E-state index contributed by atoms with van der Waals surface area (Å²) in [7, 11) is 0. The molecule has 0 aromatic heterocycles. The molecule has 1 heterocycles. The zero-order valence-electron chi connectivity index (χ0n) is 14.1. The van der Waals surface area contributed by atoms with Crippen molar-refractivity contribution in [3.05, 3.63) is 65.2 Å². The van der Waals surface area contributed by atoms with Crippen LogP contribution < -0.4 is 5.32 Å². The van der Waals surface area contributed by atoms with Gasteiger partial charge in [-0.25, -0.2) is 0 Å². The Bertz CT molecular complexity index is 777. The second-order valence-electron chi connectivity index (χ2n) is 6.05. The van der Waals surface area contributed by atoms with E-state index >= 15 is 0 Å². The van der Waals surface area contributed by atoms with E-state index in [1.165, 1.54) is 5.56 Å². The molecule has 0 spiro atoms. The summed E-state index contributed by atoms with van der Waals surface area (Å²) in [5.74, 6) is -0.894. The second-order valence-corrected chi connectivity index (χ2v) is 6.05. The van der Waals surface area contributed by atoms with Crippen LogP contribution in [0.4, 0.5) is 5.69 Å². The lowest BCUT2D eigenvalue weighted by molar-refractivity contribution is -0.116. The Morgan fingerprint density at radius 3 is 2.12 bits per heavy atom. The molecule has 3 amide bonds. The largest absolute Gasteiger partial charge is 0.326 e. The average Bonchev–Trinajstić information content (AvgIpc) is 2.86. The van der Waals surface area contributed by atoms with Crippen LogP contribution in [0.15, 0.2) is 48.5 Å². The van der Waals surface area contributed by atoms with E-state index < -0.39 is 0 Å². The summed E-state index contributed by atoms with van der Waals surface area (Å²) in [4.78, 5) is 37.7. The number of aryl methyl sites for hydroxylation is 1. The van der Waals surface area contributed by atoms with Gasteiger partial charge in [-0.05, 0) is 36.2 Å². The Hall–Kier alpha value is -2.95. The average molecular weight is 336 g/mol. The van der Waals surface area contributed by atoms with Crippen LogP contribution in [0.2, 0.25) is 0 Å². The Kier molecular flexibility index (Phi) is 4.93. The Morgan fingerprint density at radius 2 is 1.56 bits per heavy atom. The van der Waals surface area contributed by atoms with Gasteiger partial charge in [0.1, 0.15) is 0 Å². The molecule has 0 bridgehead atoms. The molecule has 0 unspecified atom stereocenters. The molecule has 0 saturated heterocycles. The van der Waals surface area contributed by atoms with Crippen LogP contribution in [0.1, 0.15) is 46.0 Å². The van der Waals surface area contributed by atoms with Crippen LogP contribution in [0.3, 0.4) is 0 Å². The molecular formula is C20H20N2O3. The number of carbonyl (C=O) groups is 3. The molecule has 3 rings (SSSR count). The van der Waals surface area contributed by atoms with Crippen molar-refractivity contribution >= 4 is 23.4 Å². The minimum Gasteiger partial charge on any atom is -0.326 e. The van der Waals surface area contributed by atoms with Gasteiger partial charge in [-0.2, -0.15) is 0 Å². The highest BCUT2D eigenvalue weighted by Crippen LogP contribution is 2.22. The van der Waals surface area contributed by atoms with Crippen LogP contribution in [0, 0.1) is 0 Å². The van der Waals surface area contributed by atoms with Gasteiger partial charge in [0.25, 0.3) is 11.8 Å². The highest BCUT2D eigenvalue weighted by Gasteiger charge is 2.34. The molecule has 0 radical (unpaired) electrons. The highest BCUT2D eigenvalue weighted by atomic mass is 16.2. The van der Waals surface area contributed by atoms with Crippen molar-refractivity contribution in [2.75, 3.05) is 11.9 Å². The van der Waals surface area contributed by atoms with E-state index in [4.69, 9.17) is 0 Å². The van der Waals surface area contributed by atoms with Gasteiger partial charge in [0.05, 0.1) is 11.1 Å². The summed E-state index contributed by atoms with van der Waals surface area (Å²) in [6.07, 6.45) is 2.15. The zero-order chi connectivity index (χ0) is 17.8. The van der Waals surface area contributed by atoms with Crippen molar-refractivity contribution in [3.8, 4) is 0 Å². The molecule has 0 aliphatic carbocycles. The van der Waals surface area contributed by atoms with E-state index in [2.05, 4.69) is 12.2 Å². The van der Waals surface area contributed by atoms with Crippen LogP contribution in [0.25, 0.3) is 0 Å². The van der Waals surface area contributed by atoms with Crippen molar-refractivity contribution in [2.24, 2.45) is 0 Å². The summed E-state index contributed by atoms with van der Waals surface area (Å²) < 4.78 is 0. The van der Waals surface area contributed by atoms with Crippen molar-refractivity contribution in [1.29, 1.82) is 0 Å². The van der Waals surface area contributed by atoms with Crippen LogP contribution >= 0.6 is 0 Å². The first-order chi connectivity index (χ1) is 12.1. The van der Waals surface area contributed by atoms with E-state index in [0.717, 1.165) is 17.7 Å². The lowest BCUT2D eigenvalue weighted by Gasteiger charge is -2.13. The summed E-state index contributed by atoms with van der Waals surface area (Å²) >= 11 is 0. The molecule has 0 fully saturated rings. The van der Waals surface area contributed by atoms with Crippen molar-refractivity contribution < 1.29 is 14.4 Å². The molecule has 5 nitrogen and oxygen atoms in total. The monoisotopic (exact) mass is 336 g/mol. The third kappa shape index (κ3) is 3.60. The lowest BCUT2D eigenvalue weighted by atomic mass is 10.1. The lowest BCUT2D eigenvalue weighted by Crippen LogP contribution is -2.32. The van der Waals surface area contributed by atoms with Crippen molar-refractivity contribution in [3.63, 3.8) is 0 Å². The van der Waals surface area contributed by atoms with E-state index in [1.807, 2.05) is 24.3 Å². The van der Waals surface area contributed by atoms with Crippen LogP contribution in [-0.4, -0.2) is 29.2 Å². The van der Waals surface area contributed by atoms with Gasteiger partial charge >= 0.3 is 0 Å². The molecule has 128 valence electrons.